The van der Waals surface area contributed by atoms with Crippen LogP contribution in [-0.2, 0) is 6.42 Å². The van der Waals surface area contributed by atoms with Crippen LogP contribution in [0.2, 0.25) is 5.02 Å². The van der Waals surface area contributed by atoms with Gasteiger partial charge in [0.2, 0.25) is 0 Å². The topological polar surface area (TPSA) is 26.0 Å². The van der Waals surface area contributed by atoms with Crippen molar-refractivity contribution in [3.05, 3.63) is 33.0 Å². The highest BCUT2D eigenvalue weighted by molar-refractivity contribution is 9.10. The van der Waals surface area contributed by atoms with E-state index in [1.165, 1.54) is 6.07 Å². The second-order valence-electron chi connectivity index (χ2n) is 2.75. The summed E-state index contributed by atoms with van der Waals surface area (Å²) in [6, 6.07) is 3.18. The fourth-order valence-corrected chi connectivity index (χ4v) is 1.76. The molecule has 0 aliphatic rings. The van der Waals surface area contributed by atoms with Crippen LogP contribution in [0, 0.1) is 5.82 Å². The quantitative estimate of drug-likeness (QED) is 0.836. The van der Waals surface area contributed by atoms with Crippen LogP contribution in [0.1, 0.15) is 12.0 Å². The maximum Gasteiger partial charge on any atom is 0.143 e. The van der Waals surface area contributed by atoms with Crippen molar-refractivity contribution in [2.24, 2.45) is 5.73 Å². The third-order valence-corrected chi connectivity index (χ3v) is 2.60. The molecular weight excluding hydrogens is 256 g/mol. The van der Waals surface area contributed by atoms with Crippen molar-refractivity contribution in [2.45, 2.75) is 12.8 Å². The predicted molar refractivity (Wildman–Crippen MR) is 56.5 cm³/mol. The lowest BCUT2D eigenvalue weighted by Crippen LogP contribution is -2.01. The fraction of sp³-hybridized carbons (Fsp3) is 0.333. The first-order chi connectivity index (χ1) is 6.15. The molecule has 2 N–H and O–H groups in total. The van der Waals surface area contributed by atoms with Gasteiger partial charge in [-0.1, -0.05) is 27.5 Å². The molecule has 72 valence electrons. The summed E-state index contributed by atoms with van der Waals surface area (Å²) in [4.78, 5) is 0. The Morgan fingerprint density at radius 3 is 2.77 bits per heavy atom. The van der Waals surface area contributed by atoms with Gasteiger partial charge in [0.25, 0.3) is 0 Å². The summed E-state index contributed by atoms with van der Waals surface area (Å²) in [5.41, 5.74) is 6.16. The molecule has 0 aliphatic heterocycles. The largest absolute Gasteiger partial charge is 0.330 e. The number of hydrogen-bond acceptors (Lipinski definition) is 1. The van der Waals surface area contributed by atoms with Crippen LogP contribution in [-0.4, -0.2) is 6.54 Å². The number of benzene rings is 1. The molecule has 0 bridgehead atoms. The Labute approximate surface area is 90.2 Å². The smallest absolute Gasteiger partial charge is 0.143 e. The third-order valence-electron chi connectivity index (χ3n) is 1.72. The first kappa shape index (κ1) is 11.0. The predicted octanol–water partition coefficient (Wildman–Crippen LogP) is 3.13. The molecule has 4 heteroatoms. The van der Waals surface area contributed by atoms with Gasteiger partial charge in [0.15, 0.2) is 0 Å². The van der Waals surface area contributed by atoms with E-state index in [9.17, 15) is 4.39 Å². The van der Waals surface area contributed by atoms with E-state index in [4.69, 9.17) is 17.3 Å². The van der Waals surface area contributed by atoms with Gasteiger partial charge in [-0.3, -0.25) is 0 Å². The summed E-state index contributed by atoms with van der Waals surface area (Å²) >= 11 is 8.97. The molecule has 0 aromatic heterocycles. The maximum absolute atomic E-state index is 13.1. The van der Waals surface area contributed by atoms with Gasteiger partial charge in [-0.15, -0.1) is 0 Å². The zero-order valence-electron chi connectivity index (χ0n) is 6.99. The van der Waals surface area contributed by atoms with Crippen LogP contribution in [0.5, 0.6) is 0 Å². The minimum Gasteiger partial charge on any atom is -0.330 e. The average molecular weight is 267 g/mol. The van der Waals surface area contributed by atoms with Crippen LogP contribution in [0.3, 0.4) is 0 Å². The van der Waals surface area contributed by atoms with E-state index < -0.39 is 0 Å². The molecule has 1 aromatic carbocycles. The first-order valence-corrected chi connectivity index (χ1v) is 5.15. The van der Waals surface area contributed by atoms with E-state index in [0.717, 1.165) is 12.0 Å². The average Bonchev–Trinajstić information content (AvgIpc) is 2.09. The molecule has 1 nitrogen and oxygen atoms in total. The summed E-state index contributed by atoms with van der Waals surface area (Å²) in [7, 11) is 0. The highest BCUT2D eigenvalue weighted by Gasteiger charge is 2.07. The van der Waals surface area contributed by atoms with Gasteiger partial charge in [-0.05, 0) is 37.1 Å². The monoisotopic (exact) mass is 265 g/mol. The third kappa shape index (κ3) is 2.93. The highest BCUT2D eigenvalue weighted by atomic mass is 79.9. The Bertz CT molecular complexity index is 304. The molecule has 0 atom stereocenters. The lowest BCUT2D eigenvalue weighted by molar-refractivity contribution is 0.624. The van der Waals surface area contributed by atoms with Crippen molar-refractivity contribution in [1.82, 2.24) is 0 Å². The van der Waals surface area contributed by atoms with Crippen LogP contribution >= 0.6 is 27.5 Å². The van der Waals surface area contributed by atoms with Gasteiger partial charge in [-0.25, -0.2) is 4.39 Å². The minimum absolute atomic E-state index is 0.205. The highest BCUT2D eigenvalue weighted by Crippen LogP contribution is 2.25. The van der Waals surface area contributed by atoms with Crippen molar-refractivity contribution in [2.75, 3.05) is 6.54 Å². The van der Waals surface area contributed by atoms with Crippen LogP contribution in [0.25, 0.3) is 0 Å². The molecule has 1 rings (SSSR count). The Morgan fingerprint density at radius 2 is 2.15 bits per heavy atom. The molecule has 0 unspecified atom stereocenters. The second-order valence-corrected chi connectivity index (χ2v) is 4.05. The number of nitrogens with two attached hydrogens (primary N) is 1. The Balaban J connectivity index is 2.92. The standard InChI is InChI=1S/C9H10BrClFN/c10-7-4-6(2-1-3-13)9(11)8(12)5-7/h4-5H,1-3,13H2. The number of halogens is 3. The zero-order valence-corrected chi connectivity index (χ0v) is 9.33. The van der Waals surface area contributed by atoms with Gasteiger partial charge in [0.1, 0.15) is 5.82 Å². The van der Waals surface area contributed by atoms with Gasteiger partial charge in [0, 0.05) is 4.47 Å². The molecule has 0 heterocycles. The Hall–Kier alpha value is -0.120. The van der Waals surface area contributed by atoms with Crippen molar-refractivity contribution in [3.8, 4) is 0 Å². The second kappa shape index (κ2) is 4.94. The van der Waals surface area contributed by atoms with Gasteiger partial charge >= 0.3 is 0 Å². The van der Waals surface area contributed by atoms with E-state index in [0.29, 0.717) is 17.4 Å². The van der Waals surface area contributed by atoms with Crippen molar-refractivity contribution in [1.29, 1.82) is 0 Å². The minimum atomic E-state index is -0.386. The van der Waals surface area contributed by atoms with Gasteiger partial charge in [-0.2, -0.15) is 0 Å². The number of rotatable bonds is 3. The number of aryl methyl sites for hydroxylation is 1. The van der Waals surface area contributed by atoms with Crippen molar-refractivity contribution in [3.63, 3.8) is 0 Å². The van der Waals surface area contributed by atoms with E-state index in [1.54, 1.807) is 0 Å². The zero-order chi connectivity index (χ0) is 9.84. The lowest BCUT2D eigenvalue weighted by atomic mass is 10.1. The fourth-order valence-electron chi connectivity index (χ4n) is 1.08. The summed E-state index contributed by atoms with van der Waals surface area (Å²) in [6.45, 7) is 0.588. The summed E-state index contributed by atoms with van der Waals surface area (Å²) in [5, 5.41) is 0.205. The van der Waals surface area contributed by atoms with Gasteiger partial charge < -0.3 is 5.73 Å². The van der Waals surface area contributed by atoms with Crippen LogP contribution in [0.15, 0.2) is 16.6 Å². The SMILES string of the molecule is NCCCc1cc(Br)cc(F)c1Cl. The molecule has 13 heavy (non-hydrogen) atoms. The molecule has 0 saturated carbocycles. The lowest BCUT2D eigenvalue weighted by Gasteiger charge is -2.04. The van der Waals surface area contributed by atoms with E-state index in [-0.39, 0.29) is 10.8 Å². The first-order valence-electron chi connectivity index (χ1n) is 3.98. The Morgan fingerprint density at radius 1 is 1.46 bits per heavy atom. The summed E-state index contributed by atoms with van der Waals surface area (Å²) in [6.07, 6.45) is 1.53. The van der Waals surface area contributed by atoms with E-state index in [2.05, 4.69) is 15.9 Å². The van der Waals surface area contributed by atoms with Crippen molar-refractivity contribution < 1.29 is 4.39 Å². The molecule has 0 amide bonds. The van der Waals surface area contributed by atoms with Crippen LogP contribution < -0.4 is 5.73 Å². The Kier molecular flexibility index (Phi) is 4.16. The molecule has 0 radical (unpaired) electrons. The molecule has 0 saturated heterocycles. The summed E-state index contributed by atoms with van der Waals surface area (Å²) in [5.74, 6) is -0.386. The normalized spacial score (nSPS) is 10.5. The van der Waals surface area contributed by atoms with Gasteiger partial charge in [0.05, 0.1) is 5.02 Å². The molecule has 0 spiro atoms. The number of hydrogen-bond donors (Lipinski definition) is 1. The molecule has 1 aromatic rings. The molecular formula is C9H10BrClFN. The van der Waals surface area contributed by atoms with Crippen LogP contribution in [0.4, 0.5) is 4.39 Å². The van der Waals surface area contributed by atoms with Crippen molar-refractivity contribution >= 4 is 27.5 Å². The van der Waals surface area contributed by atoms with E-state index in [1.807, 2.05) is 6.07 Å². The van der Waals surface area contributed by atoms with E-state index >= 15 is 0 Å². The summed E-state index contributed by atoms with van der Waals surface area (Å²) < 4.78 is 13.8. The molecule has 0 fully saturated rings. The molecule has 0 aliphatic carbocycles. The maximum atomic E-state index is 13.1.